The Balaban J connectivity index is 1.63. The van der Waals surface area contributed by atoms with Crippen LogP contribution in [0.3, 0.4) is 0 Å². The van der Waals surface area contributed by atoms with E-state index in [1.807, 2.05) is 4.90 Å². The molecule has 8 heteroatoms. The van der Waals surface area contributed by atoms with Crippen LogP contribution >= 0.6 is 0 Å². The number of nitrogens with one attached hydrogen (secondary N) is 1. The maximum absolute atomic E-state index is 12.9. The van der Waals surface area contributed by atoms with E-state index in [0.717, 1.165) is 32.4 Å². The van der Waals surface area contributed by atoms with Gasteiger partial charge in [0, 0.05) is 37.8 Å². The zero-order valence-corrected chi connectivity index (χ0v) is 16.8. The molecule has 0 saturated carbocycles. The Bertz CT molecular complexity index is 822. The minimum atomic E-state index is -3.61. The molecule has 1 aromatic carbocycles. The third-order valence-electron chi connectivity index (χ3n) is 5.37. The molecule has 1 N–H and O–H groups in total. The first-order valence-electron chi connectivity index (χ1n) is 9.74. The van der Waals surface area contributed by atoms with Crippen LogP contribution in [0, 0.1) is 0 Å². The fourth-order valence-electron chi connectivity index (χ4n) is 3.70. The number of piperidine rings is 2. The molecule has 0 unspecified atom stereocenters. The molecule has 7 nitrogen and oxygen atoms in total. The Hall–Kier alpha value is -2.19. The molecule has 2 aliphatic heterocycles. The van der Waals surface area contributed by atoms with Gasteiger partial charge >= 0.3 is 0 Å². The van der Waals surface area contributed by atoms with Crippen molar-refractivity contribution in [3.63, 3.8) is 0 Å². The van der Waals surface area contributed by atoms with E-state index in [-0.39, 0.29) is 22.8 Å². The number of sulfonamides is 1. The standard InChI is InChI=1S/C20H27N3O4S/c1-2-19(24)21-17-10-14-23(15-11-17)28(26,27)18-8-6-16(7-9-18)20(25)22-12-4-3-5-13-22/h2,6-9,17H,1,3-5,10-15H2,(H,21,24). The Morgan fingerprint density at radius 2 is 1.61 bits per heavy atom. The third kappa shape index (κ3) is 4.62. The van der Waals surface area contributed by atoms with Crippen LogP contribution in [0.5, 0.6) is 0 Å². The lowest BCUT2D eigenvalue weighted by atomic mass is 10.1. The van der Waals surface area contributed by atoms with Crippen molar-refractivity contribution in [3.8, 4) is 0 Å². The molecule has 0 spiro atoms. The van der Waals surface area contributed by atoms with Crippen molar-refractivity contribution in [2.45, 2.75) is 43.0 Å². The van der Waals surface area contributed by atoms with E-state index >= 15 is 0 Å². The molecule has 0 radical (unpaired) electrons. The summed E-state index contributed by atoms with van der Waals surface area (Å²) in [6.45, 7) is 5.64. The normalized spacial score (nSPS) is 19.2. The summed E-state index contributed by atoms with van der Waals surface area (Å²) in [6, 6.07) is 6.18. The fraction of sp³-hybridized carbons (Fsp3) is 0.500. The van der Waals surface area contributed by atoms with Crippen molar-refractivity contribution in [1.82, 2.24) is 14.5 Å². The second kappa shape index (κ2) is 8.87. The number of hydrogen-bond acceptors (Lipinski definition) is 4. The molecule has 1 aromatic rings. The first-order chi connectivity index (χ1) is 13.4. The number of hydrogen-bond donors (Lipinski definition) is 1. The maximum atomic E-state index is 12.9. The average molecular weight is 406 g/mol. The van der Waals surface area contributed by atoms with Crippen molar-refractivity contribution in [2.24, 2.45) is 0 Å². The van der Waals surface area contributed by atoms with Crippen LogP contribution < -0.4 is 5.32 Å². The number of likely N-dealkylation sites (tertiary alicyclic amines) is 1. The van der Waals surface area contributed by atoms with Crippen molar-refractivity contribution >= 4 is 21.8 Å². The second-order valence-corrected chi connectivity index (χ2v) is 9.21. The summed E-state index contributed by atoms with van der Waals surface area (Å²) < 4.78 is 27.2. The molecule has 3 rings (SSSR count). The predicted molar refractivity (Wildman–Crippen MR) is 106 cm³/mol. The molecule has 0 aliphatic carbocycles. The highest BCUT2D eigenvalue weighted by atomic mass is 32.2. The lowest BCUT2D eigenvalue weighted by molar-refractivity contribution is -0.117. The molecule has 0 bridgehead atoms. The average Bonchev–Trinajstić information content (AvgIpc) is 2.74. The van der Waals surface area contributed by atoms with E-state index in [1.54, 1.807) is 12.1 Å². The summed E-state index contributed by atoms with van der Waals surface area (Å²) in [7, 11) is -3.61. The van der Waals surface area contributed by atoms with Gasteiger partial charge in [-0.25, -0.2) is 8.42 Å². The first-order valence-corrected chi connectivity index (χ1v) is 11.2. The van der Waals surface area contributed by atoms with Crippen molar-refractivity contribution in [1.29, 1.82) is 0 Å². The number of rotatable bonds is 5. The quantitative estimate of drug-likeness (QED) is 0.757. The van der Waals surface area contributed by atoms with E-state index in [4.69, 9.17) is 0 Å². The highest BCUT2D eigenvalue weighted by Gasteiger charge is 2.30. The largest absolute Gasteiger partial charge is 0.350 e. The summed E-state index contributed by atoms with van der Waals surface area (Å²) in [4.78, 5) is 25.9. The van der Waals surface area contributed by atoms with Crippen LogP contribution in [0.4, 0.5) is 0 Å². The molecule has 2 amide bonds. The van der Waals surface area contributed by atoms with Gasteiger partial charge in [-0.15, -0.1) is 0 Å². The number of amides is 2. The van der Waals surface area contributed by atoms with Gasteiger partial charge in [0.1, 0.15) is 0 Å². The summed E-state index contributed by atoms with van der Waals surface area (Å²) in [5.74, 6) is -0.280. The Morgan fingerprint density at radius 3 is 2.18 bits per heavy atom. The first kappa shape index (κ1) is 20.5. The van der Waals surface area contributed by atoms with Crippen molar-refractivity contribution < 1.29 is 18.0 Å². The third-order valence-corrected chi connectivity index (χ3v) is 7.28. The summed E-state index contributed by atoms with van der Waals surface area (Å²) in [5, 5.41) is 2.81. The Labute approximate surface area is 166 Å². The van der Waals surface area contributed by atoms with Crippen LogP contribution in [0.25, 0.3) is 0 Å². The van der Waals surface area contributed by atoms with Crippen LogP contribution in [-0.4, -0.2) is 61.7 Å². The zero-order valence-electron chi connectivity index (χ0n) is 16.0. The highest BCUT2D eigenvalue weighted by Crippen LogP contribution is 2.22. The monoisotopic (exact) mass is 405 g/mol. The van der Waals surface area contributed by atoms with E-state index < -0.39 is 10.0 Å². The smallest absolute Gasteiger partial charge is 0.253 e. The van der Waals surface area contributed by atoms with Gasteiger partial charge in [0.25, 0.3) is 5.91 Å². The SMILES string of the molecule is C=CC(=O)NC1CCN(S(=O)(=O)c2ccc(C(=O)N3CCCCC3)cc2)CC1. The van der Waals surface area contributed by atoms with Gasteiger partial charge in [-0.05, 0) is 62.4 Å². The molecular weight excluding hydrogens is 378 g/mol. The topological polar surface area (TPSA) is 86.8 Å². The molecule has 2 saturated heterocycles. The number of carbonyl (C=O) groups excluding carboxylic acids is 2. The van der Waals surface area contributed by atoms with Gasteiger partial charge in [-0.3, -0.25) is 9.59 Å². The molecule has 2 heterocycles. The van der Waals surface area contributed by atoms with E-state index in [0.29, 0.717) is 31.5 Å². The maximum Gasteiger partial charge on any atom is 0.253 e. The molecule has 0 aromatic heterocycles. The van der Waals surface area contributed by atoms with Crippen LogP contribution in [0.1, 0.15) is 42.5 Å². The van der Waals surface area contributed by atoms with Crippen LogP contribution in [0.15, 0.2) is 41.8 Å². The van der Waals surface area contributed by atoms with Gasteiger partial charge in [0.2, 0.25) is 15.9 Å². The summed E-state index contributed by atoms with van der Waals surface area (Å²) in [5.41, 5.74) is 0.520. The van der Waals surface area contributed by atoms with Crippen molar-refractivity contribution in [2.75, 3.05) is 26.2 Å². The molecular formula is C20H27N3O4S. The molecule has 152 valence electrons. The van der Waals surface area contributed by atoms with Gasteiger partial charge in [0.05, 0.1) is 4.90 Å². The highest BCUT2D eigenvalue weighted by molar-refractivity contribution is 7.89. The molecule has 0 atom stereocenters. The molecule has 2 aliphatic rings. The van der Waals surface area contributed by atoms with E-state index in [1.165, 1.54) is 22.5 Å². The number of benzene rings is 1. The summed E-state index contributed by atoms with van der Waals surface area (Å²) >= 11 is 0. The van der Waals surface area contributed by atoms with E-state index in [2.05, 4.69) is 11.9 Å². The van der Waals surface area contributed by atoms with Gasteiger partial charge in [-0.1, -0.05) is 6.58 Å². The molecule has 28 heavy (non-hydrogen) atoms. The predicted octanol–water partition coefficient (Wildman–Crippen LogP) is 1.77. The minimum absolute atomic E-state index is 0.0394. The number of nitrogens with zero attached hydrogens (tertiary/aromatic N) is 2. The van der Waals surface area contributed by atoms with Gasteiger partial charge < -0.3 is 10.2 Å². The minimum Gasteiger partial charge on any atom is -0.350 e. The van der Waals surface area contributed by atoms with Gasteiger partial charge in [-0.2, -0.15) is 4.31 Å². The van der Waals surface area contributed by atoms with E-state index in [9.17, 15) is 18.0 Å². The zero-order chi connectivity index (χ0) is 20.1. The second-order valence-electron chi connectivity index (χ2n) is 7.27. The molecule has 2 fully saturated rings. The number of carbonyl (C=O) groups is 2. The fourth-order valence-corrected chi connectivity index (χ4v) is 5.17. The van der Waals surface area contributed by atoms with Crippen LogP contribution in [0.2, 0.25) is 0 Å². The van der Waals surface area contributed by atoms with Crippen LogP contribution in [-0.2, 0) is 14.8 Å². The lowest BCUT2D eigenvalue weighted by Crippen LogP contribution is -2.46. The van der Waals surface area contributed by atoms with Gasteiger partial charge in [0.15, 0.2) is 0 Å². The Morgan fingerprint density at radius 1 is 1.00 bits per heavy atom. The Kier molecular flexibility index (Phi) is 6.51. The summed E-state index contributed by atoms with van der Waals surface area (Å²) in [6.07, 6.45) is 5.52. The van der Waals surface area contributed by atoms with Crippen molar-refractivity contribution in [3.05, 3.63) is 42.5 Å². The lowest BCUT2D eigenvalue weighted by Gasteiger charge is -2.31.